The number of nitrogens with zero attached hydrogens (tertiary/aromatic N) is 3. The van der Waals surface area contributed by atoms with Crippen LogP contribution in [0.1, 0.15) is 0 Å². The van der Waals surface area contributed by atoms with Crippen molar-refractivity contribution in [1.82, 2.24) is 9.97 Å². The maximum atomic E-state index is 9.13. The fourth-order valence-corrected chi connectivity index (χ4v) is 1.90. The van der Waals surface area contributed by atoms with Crippen LogP contribution >= 0.6 is 0 Å². The number of hydrogen-bond acceptors (Lipinski definition) is 8. The first-order valence-corrected chi connectivity index (χ1v) is 5.63. The normalized spacial score (nSPS) is 19.7. The lowest BCUT2D eigenvalue weighted by molar-refractivity contribution is 0.00325. The van der Waals surface area contributed by atoms with Crippen molar-refractivity contribution in [3.63, 3.8) is 0 Å². The third-order valence-electron chi connectivity index (χ3n) is 2.77. The first-order valence-electron chi connectivity index (χ1n) is 5.63. The average molecular weight is 255 g/mol. The molecule has 1 aliphatic rings. The highest BCUT2D eigenvalue weighted by Gasteiger charge is 2.24. The van der Waals surface area contributed by atoms with Crippen LogP contribution < -0.4 is 20.9 Å². The monoisotopic (exact) mass is 255 g/mol. The zero-order valence-electron chi connectivity index (χ0n) is 10.2. The zero-order chi connectivity index (χ0) is 13.0. The third-order valence-corrected chi connectivity index (χ3v) is 2.77. The van der Waals surface area contributed by atoms with Gasteiger partial charge in [-0.1, -0.05) is 0 Å². The topological polar surface area (TPSA) is 106 Å². The third kappa shape index (κ3) is 2.45. The lowest BCUT2D eigenvalue weighted by atomic mass is 10.2. The van der Waals surface area contributed by atoms with Gasteiger partial charge in [-0.15, -0.1) is 0 Å². The van der Waals surface area contributed by atoms with Crippen LogP contribution in [0.3, 0.4) is 0 Å². The number of aliphatic hydroxyl groups excluding tert-OH is 1. The molecule has 1 aromatic heterocycles. The Bertz CT molecular complexity index is 403. The molecule has 8 nitrogen and oxygen atoms in total. The summed E-state index contributed by atoms with van der Waals surface area (Å²) in [7, 11) is 1.53. The van der Waals surface area contributed by atoms with Gasteiger partial charge in [-0.3, -0.25) is 0 Å². The minimum absolute atomic E-state index is 0.0219. The number of aromatic nitrogens is 2. The molecule has 2 rings (SSSR count). The number of aliphatic hydroxyl groups is 1. The summed E-state index contributed by atoms with van der Waals surface area (Å²) in [6, 6.07) is 0. The van der Waals surface area contributed by atoms with Gasteiger partial charge in [0.15, 0.2) is 11.6 Å². The van der Waals surface area contributed by atoms with Crippen LogP contribution in [-0.4, -0.2) is 54.6 Å². The van der Waals surface area contributed by atoms with E-state index < -0.39 is 0 Å². The fourth-order valence-electron chi connectivity index (χ4n) is 1.90. The number of nitrogens with two attached hydrogens (primary N) is 1. The standard InChI is InChI=1S/C10H17N5O3/c1-17-8-9(14-11)12-6-13-10(8)15-2-3-18-7(4-15)5-16/h6-7,16H,2-5,11H2,1H3,(H,12,13,14). The molecule has 0 saturated carbocycles. The van der Waals surface area contributed by atoms with E-state index in [1.807, 2.05) is 4.90 Å². The summed E-state index contributed by atoms with van der Waals surface area (Å²) in [4.78, 5) is 10.2. The predicted molar refractivity (Wildman–Crippen MR) is 65.4 cm³/mol. The molecule has 0 aromatic carbocycles. The Labute approximate surface area is 105 Å². The average Bonchev–Trinajstić information content (AvgIpc) is 2.46. The molecule has 2 heterocycles. The molecule has 4 N–H and O–H groups in total. The summed E-state index contributed by atoms with van der Waals surface area (Å²) in [5.41, 5.74) is 2.47. The van der Waals surface area contributed by atoms with Crippen LogP contribution in [0.2, 0.25) is 0 Å². The van der Waals surface area contributed by atoms with Gasteiger partial charge in [0, 0.05) is 13.1 Å². The quantitative estimate of drug-likeness (QED) is 0.463. The molecule has 0 bridgehead atoms. The molecule has 0 aliphatic carbocycles. The van der Waals surface area contributed by atoms with Crippen molar-refractivity contribution < 1.29 is 14.6 Å². The van der Waals surface area contributed by atoms with Crippen molar-refractivity contribution in [2.75, 3.05) is 43.7 Å². The van der Waals surface area contributed by atoms with E-state index in [0.29, 0.717) is 37.1 Å². The highest BCUT2D eigenvalue weighted by Crippen LogP contribution is 2.32. The maximum Gasteiger partial charge on any atom is 0.205 e. The SMILES string of the molecule is COc1c(NN)ncnc1N1CCOC(CO)C1. The summed E-state index contributed by atoms with van der Waals surface area (Å²) in [6.07, 6.45) is 1.20. The summed E-state index contributed by atoms with van der Waals surface area (Å²) >= 11 is 0. The molecule has 0 radical (unpaired) electrons. The van der Waals surface area contributed by atoms with Crippen molar-refractivity contribution in [2.24, 2.45) is 5.84 Å². The number of nitrogens with one attached hydrogen (secondary N) is 1. The van der Waals surface area contributed by atoms with Gasteiger partial charge in [-0.05, 0) is 0 Å². The van der Waals surface area contributed by atoms with Crippen molar-refractivity contribution in [2.45, 2.75) is 6.10 Å². The molecule has 1 aromatic rings. The summed E-state index contributed by atoms with van der Waals surface area (Å²) in [5.74, 6) is 6.93. The van der Waals surface area contributed by atoms with Crippen LogP contribution in [0.4, 0.5) is 11.6 Å². The number of ether oxygens (including phenoxy) is 2. The van der Waals surface area contributed by atoms with Gasteiger partial charge in [-0.25, -0.2) is 15.8 Å². The number of anilines is 2. The second-order valence-electron chi connectivity index (χ2n) is 3.84. The van der Waals surface area contributed by atoms with Gasteiger partial charge >= 0.3 is 0 Å². The van der Waals surface area contributed by atoms with E-state index in [9.17, 15) is 0 Å². The first kappa shape index (κ1) is 12.8. The Hall–Kier alpha value is -1.64. The summed E-state index contributed by atoms with van der Waals surface area (Å²) in [5, 5.41) is 9.13. The second kappa shape index (κ2) is 5.80. The highest BCUT2D eigenvalue weighted by atomic mass is 16.5. The van der Waals surface area contributed by atoms with E-state index >= 15 is 0 Å². The molecule has 1 unspecified atom stereocenters. The minimum Gasteiger partial charge on any atom is -0.490 e. The summed E-state index contributed by atoms with van der Waals surface area (Å²) < 4.78 is 10.7. The van der Waals surface area contributed by atoms with Gasteiger partial charge in [0.2, 0.25) is 5.75 Å². The Morgan fingerprint density at radius 3 is 3.17 bits per heavy atom. The smallest absolute Gasteiger partial charge is 0.205 e. The van der Waals surface area contributed by atoms with E-state index in [1.165, 1.54) is 13.4 Å². The summed E-state index contributed by atoms with van der Waals surface area (Å²) in [6.45, 7) is 1.73. The van der Waals surface area contributed by atoms with E-state index in [-0.39, 0.29) is 12.7 Å². The van der Waals surface area contributed by atoms with Crippen LogP contribution in [0, 0.1) is 0 Å². The Morgan fingerprint density at radius 2 is 2.50 bits per heavy atom. The van der Waals surface area contributed by atoms with E-state index in [1.54, 1.807) is 0 Å². The van der Waals surface area contributed by atoms with Crippen LogP contribution in [-0.2, 0) is 4.74 Å². The molecule has 0 amide bonds. The van der Waals surface area contributed by atoms with Gasteiger partial charge in [0.25, 0.3) is 0 Å². The highest BCUT2D eigenvalue weighted by molar-refractivity contribution is 5.64. The number of hydrogen-bond donors (Lipinski definition) is 3. The Balaban J connectivity index is 2.26. The van der Waals surface area contributed by atoms with Gasteiger partial charge < -0.3 is 24.9 Å². The van der Waals surface area contributed by atoms with Gasteiger partial charge in [0.1, 0.15) is 6.33 Å². The molecule has 1 fully saturated rings. The first-order chi connectivity index (χ1) is 8.80. The molecule has 8 heteroatoms. The number of rotatable bonds is 4. The maximum absolute atomic E-state index is 9.13. The molecular formula is C10H17N5O3. The lowest BCUT2D eigenvalue weighted by Crippen LogP contribution is -2.44. The molecule has 0 spiro atoms. The van der Waals surface area contributed by atoms with Gasteiger partial charge in [0.05, 0.1) is 26.4 Å². The molecule has 18 heavy (non-hydrogen) atoms. The second-order valence-corrected chi connectivity index (χ2v) is 3.84. The van der Waals surface area contributed by atoms with E-state index in [2.05, 4.69) is 15.4 Å². The number of nitrogen functional groups attached to an aromatic ring is 1. The van der Waals surface area contributed by atoms with Crippen molar-refractivity contribution in [3.8, 4) is 5.75 Å². The number of hydrazine groups is 1. The van der Waals surface area contributed by atoms with Crippen molar-refractivity contribution in [1.29, 1.82) is 0 Å². The molecule has 1 saturated heterocycles. The van der Waals surface area contributed by atoms with E-state index in [4.69, 9.17) is 20.4 Å². The van der Waals surface area contributed by atoms with Crippen molar-refractivity contribution >= 4 is 11.6 Å². The molecule has 1 aliphatic heterocycles. The lowest BCUT2D eigenvalue weighted by Gasteiger charge is -2.33. The predicted octanol–water partition coefficient (Wildman–Crippen LogP) is -1.03. The van der Waals surface area contributed by atoms with Crippen molar-refractivity contribution in [3.05, 3.63) is 6.33 Å². The van der Waals surface area contributed by atoms with Crippen LogP contribution in [0.15, 0.2) is 6.33 Å². The number of methoxy groups -OCH3 is 1. The number of morpholine rings is 1. The molecule has 100 valence electrons. The minimum atomic E-state index is -0.215. The van der Waals surface area contributed by atoms with Crippen LogP contribution in [0.25, 0.3) is 0 Å². The molecular weight excluding hydrogens is 238 g/mol. The fraction of sp³-hybridized carbons (Fsp3) is 0.600. The molecule has 1 atom stereocenters. The Kier molecular flexibility index (Phi) is 4.13. The zero-order valence-corrected chi connectivity index (χ0v) is 10.2. The largest absolute Gasteiger partial charge is 0.490 e. The van der Waals surface area contributed by atoms with Crippen LogP contribution in [0.5, 0.6) is 5.75 Å². The van der Waals surface area contributed by atoms with Gasteiger partial charge in [-0.2, -0.15) is 0 Å². The Morgan fingerprint density at radius 1 is 1.67 bits per heavy atom. The van der Waals surface area contributed by atoms with E-state index in [0.717, 1.165) is 0 Å².